The summed E-state index contributed by atoms with van der Waals surface area (Å²) in [7, 11) is 0. The van der Waals surface area contributed by atoms with Crippen LogP contribution in [0.4, 0.5) is 0 Å². The zero-order valence-corrected chi connectivity index (χ0v) is 23.6. The van der Waals surface area contributed by atoms with Crippen molar-refractivity contribution in [2.24, 2.45) is 0 Å². The summed E-state index contributed by atoms with van der Waals surface area (Å²) in [6, 6.07) is 26.8. The van der Waals surface area contributed by atoms with Gasteiger partial charge in [0.15, 0.2) is 12.1 Å². The molecule has 6 rings (SSSR count). The van der Waals surface area contributed by atoms with Crippen LogP contribution in [0, 0.1) is 0 Å². The molecule has 1 spiro atoms. The van der Waals surface area contributed by atoms with Gasteiger partial charge in [0.2, 0.25) is 0 Å². The summed E-state index contributed by atoms with van der Waals surface area (Å²) < 4.78 is 39.2. The zero-order chi connectivity index (χ0) is 28.8. The highest BCUT2D eigenvalue weighted by molar-refractivity contribution is 5.89. The molecule has 3 fully saturated rings. The maximum Gasteiger partial charge on any atom is 0.336 e. The SMILES string of the molecule is O=C(O)c1ccccc1CO[C@H]1O[C@@H]2COC3(CCCCC3)O[C@H]2[C@H](OCc2ccccc2)[C@@H]1OCc1ccccc1. The van der Waals surface area contributed by atoms with E-state index < -0.39 is 42.5 Å². The Balaban J connectivity index is 1.29. The lowest BCUT2D eigenvalue weighted by Gasteiger charge is -2.53. The third-order valence-corrected chi connectivity index (χ3v) is 8.29. The lowest BCUT2D eigenvalue weighted by Crippen LogP contribution is -2.66. The number of aromatic carboxylic acids is 1. The average molecular weight is 575 g/mol. The largest absolute Gasteiger partial charge is 0.478 e. The minimum Gasteiger partial charge on any atom is -0.478 e. The number of carbonyl (C=O) groups is 1. The van der Waals surface area contributed by atoms with Crippen molar-refractivity contribution in [3.63, 3.8) is 0 Å². The van der Waals surface area contributed by atoms with Crippen LogP contribution in [0.3, 0.4) is 0 Å². The molecule has 2 saturated heterocycles. The summed E-state index contributed by atoms with van der Waals surface area (Å²) in [5, 5.41) is 9.70. The van der Waals surface area contributed by atoms with Gasteiger partial charge < -0.3 is 33.5 Å². The van der Waals surface area contributed by atoms with Crippen LogP contribution < -0.4 is 0 Å². The van der Waals surface area contributed by atoms with E-state index in [0.717, 1.165) is 36.8 Å². The number of ether oxygens (including phenoxy) is 6. The predicted octanol–water partition coefficient (Wildman–Crippen LogP) is 5.87. The lowest BCUT2D eigenvalue weighted by atomic mass is 9.90. The van der Waals surface area contributed by atoms with Crippen LogP contribution in [-0.4, -0.2) is 54.2 Å². The highest BCUT2D eigenvalue weighted by Crippen LogP contribution is 2.42. The molecular weight excluding hydrogens is 536 g/mol. The molecule has 2 aliphatic heterocycles. The molecule has 1 saturated carbocycles. The van der Waals surface area contributed by atoms with Crippen LogP contribution in [0.25, 0.3) is 0 Å². The molecule has 42 heavy (non-hydrogen) atoms. The first kappa shape index (κ1) is 29.0. The number of carboxylic acids is 1. The summed E-state index contributed by atoms with van der Waals surface area (Å²) in [5.74, 6) is -1.65. The number of hydrogen-bond donors (Lipinski definition) is 1. The molecule has 3 aromatic rings. The highest BCUT2D eigenvalue weighted by Gasteiger charge is 2.55. The van der Waals surface area contributed by atoms with E-state index in [9.17, 15) is 9.90 Å². The van der Waals surface area contributed by atoms with Crippen molar-refractivity contribution in [3.05, 3.63) is 107 Å². The molecule has 0 amide bonds. The Bertz CT molecular complexity index is 1290. The van der Waals surface area contributed by atoms with Crippen LogP contribution in [0.2, 0.25) is 0 Å². The number of hydrogen-bond acceptors (Lipinski definition) is 7. The van der Waals surface area contributed by atoms with Crippen LogP contribution in [0.1, 0.15) is 59.2 Å². The maximum absolute atomic E-state index is 11.8. The Morgan fingerprint density at radius 1 is 0.762 bits per heavy atom. The van der Waals surface area contributed by atoms with E-state index in [-0.39, 0.29) is 12.2 Å². The van der Waals surface area contributed by atoms with Crippen LogP contribution >= 0.6 is 0 Å². The van der Waals surface area contributed by atoms with Crippen LogP contribution in [0.15, 0.2) is 84.9 Å². The average Bonchev–Trinajstić information content (AvgIpc) is 3.03. The van der Waals surface area contributed by atoms with Gasteiger partial charge in [-0.2, -0.15) is 0 Å². The first-order valence-corrected chi connectivity index (χ1v) is 14.8. The molecule has 5 atom stereocenters. The predicted molar refractivity (Wildman–Crippen MR) is 154 cm³/mol. The van der Waals surface area contributed by atoms with E-state index >= 15 is 0 Å². The zero-order valence-electron chi connectivity index (χ0n) is 23.6. The molecule has 222 valence electrons. The molecule has 0 aromatic heterocycles. The molecular formula is C34H38O8. The second-order valence-electron chi connectivity index (χ2n) is 11.2. The molecule has 8 nitrogen and oxygen atoms in total. The van der Waals surface area contributed by atoms with Crippen molar-refractivity contribution in [2.75, 3.05) is 6.61 Å². The van der Waals surface area contributed by atoms with Gasteiger partial charge >= 0.3 is 5.97 Å². The first-order chi connectivity index (χ1) is 20.6. The number of benzene rings is 3. The molecule has 0 unspecified atom stereocenters. The van der Waals surface area contributed by atoms with Crippen LogP contribution in [0.5, 0.6) is 0 Å². The van der Waals surface area contributed by atoms with E-state index in [0.29, 0.717) is 25.4 Å². The van der Waals surface area contributed by atoms with Crippen molar-refractivity contribution >= 4 is 5.97 Å². The van der Waals surface area contributed by atoms with E-state index in [2.05, 4.69) is 0 Å². The summed E-state index contributed by atoms with van der Waals surface area (Å²) in [5.41, 5.74) is 2.78. The summed E-state index contributed by atoms with van der Waals surface area (Å²) in [4.78, 5) is 11.8. The number of rotatable bonds is 10. The van der Waals surface area contributed by atoms with Gasteiger partial charge in [-0.3, -0.25) is 0 Å². The van der Waals surface area contributed by atoms with Gasteiger partial charge in [0.25, 0.3) is 0 Å². The standard InChI is InChI=1S/C34H38O8/c35-32(36)27-17-9-8-16-26(27)22-39-33-31(38-21-25-14-6-2-7-15-25)30(37-20-24-12-4-1-5-13-24)29-28(41-33)23-40-34(42-29)18-10-3-11-19-34/h1-2,4-9,12-17,28-31,33H,3,10-11,18-23H2,(H,35,36)/t28-,29-,30+,31+,33+/m1/s1. The maximum atomic E-state index is 11.8. The van der Waals surface area contributed by atoms with Crippen molar-refractivity contribution in [2.45, 2.75) is 88.4 Å². The lowest BCUT2D eigenvalue weighted by molar-refractivity contribution is -0.404. The Morgan fingerprint density at radius 3 is 2.05 bits per heavy atom. The molecule has 1 aliphatic carbocycles. The topological polar surface area (TPSA) is 92.7 Å². The molecule has 3 aliphatic rings. The Labute approximate surface area is 246 Å². The number of carboxylic acid groups (broad SMARTS) is 1. The quantitative estimate of drug-likeness (QED) is 0.321. The molecule has 1 N–H and O–H groups in total. The van der Waals surface area contributed by atoms with Gasteiger partial charge in [-0.25, -0.2) is 4.79 Å². The van der Waals surface area contributed by atoms with Gasteiger partial charge in [-0.05, 0) is 35.6 Å². The van der Waals surface area contributed by atoms with E-state index in [1.165, 1.54) is 6.42 Å². The van der Waals surface area contributed by atoms with Gasteiger partial charge in [-0.1, -0.05) is 85.3 Å². The highest BCUT2D eigenvalue weighted by atomic mass is 16.8. The monoisotopic (exact) mass is 574 g/mol. The second-order valence-corrected chi connectivity index (χ2v) is 11.2. The Kier molecular flexibility index (Phi) is 9.29. The fraction of sp³-hybridized carbons (Fsp3) is 0.441. The van der Waals surface area contributed by atoms with E-state index in [4.69, 9.17) is 28.4 Å². The normalized spacial score (nSPS) is 26.9. The third-order valence-electron chi connectivity index (χ3n) is 8.29. The van der Waals surface area contributed by atoms with Crippen LogP contribution in [-0.2, 0) is 48.2 Å². The number of fused-ring (bicyclic) bond motifs is 1. The minimum atomic E-state index is -1.01. The van der Waals surface area contributed by atoms with Crippen molar-refractivity contribution in [1.82, 2.24) is 0 Å². The van der Waals surface area contributed by atoms with Crippen molar-refractivity contribution < 1.29 is 38.3 Å². The van der Waals surface area contributed by atoms with Crippen molar-refractivity contribution in [1.29, 1.82) is 0 Å². The summed E-state index contributed by atoms with van der Waals surface area (Å²) in [6.07, 6.45) is 2.08. The molecule has 2 heterocycles. The summed E-state index contributed by atoms with van der Waals surface area (Å²) in [6.45, 7) is 1.08. The van der Waals surface area contributed by atoms with Gasteiger partial charge in [0.05, 0.1) is 32.0 Å². The summed E-state index contributed by atoms with van der Waals surface area (Å²) >= 11 is 0. The molecule has 3 aromatic carbocycles. The van der Waals surface area contributed by atoms with Gasteiger partial charge in [0, 0.05) is 12.8 Å². The van der Waals surface area contributed by atoms with E-state index in [1.54, 1.807) is 24.3 Å². The van der Waals surface area contributed by atoms with Gasteiger partial charge in [0.1, 0.15) is 24.4 Å². The fourth-order valence-electron chi connectivity index (χ4n) is 6.08. The smallest absolute Gasteiger partial charge is 0.336 e. The Morgan fingerprint density at radius 2 is 1.38 bits per heavy atom. The van der Waals surface area contributed by atoms with Gasteiger partial charge in [-0.15, -0.1) is 0 Å². The van der Waals surface area contributed by atoms with E-state index in [1.807, 2.05) is 60.7 Å². The fourth-order valence-corrected chi connectivity index (χ4v) is 6.08. The molecule has 0 bridgehead atoms. The second kappa shape index (κ2) is 13.5. The molecule has 8 heteroatoms. The minimum absolute atomic E-state index is 0.0345. The first-order valence-electron chi connectivity index (χ1n) is 14.8. The Hall–Kier alpha value is -3.11. The van der Waals surface area contributed by atoms with Crippen molar-refractivity contribution in [3.8, 4) is 0 Å². The third kappa shape index (κ3) is 6.75. The molecule has 0 radical (unpaired) electrons.